The number of aliphatic imine (C=N–C) groups is 1. The molecule has 1 aromatic rings. The average molecular weight is 403 g/mol. The monoisotopic (exact) mass is 402 g/mol. The first kappa shape index (κ1) is 18.6. The van der Waals surface area contributed by atoms with Crippen molar-refractivity contribution < 1.29 is 9.59 Å². The number of carbonyl (C=O) groups is 2. The van der Waals surface area contributed by atoms with Crippen LogP contribution in [0.3, 0.4) is 0 Å². The summed E-state index contributed by atoms with van der Waals surface area (Å²) in [6.07, 6.45) is 1.24. The van der Waals surface area contributed by atoms with Gasteiger partial charge in [-0.05, 0) is 18.2 Å². The molecule has 0 spiro atoms. The van der Waals surface area contributed by atoms with E-state index in [9.17, 15) is 9.59 Å². The van der Waals surface area contributed by atoms with Crippen LogP contribution in [0.1, 0.15) is 0 Å². The number of urea groups is 1. The molecule has 0 aromatic heterocycles. The zero-order valence-corrected chi connectivity index (χ0v) is 16.5. The Bertz CT molecular complexity index is 835. The van der Waals surface area contributed by atoms with E-state index in [0.29, 0.717) is 6.54 Å². The fraction of sp³-hybridized carbons (Fsp3) is 0.421. The van der Waals surface area contributed by atoms with Gasteiger partial charge in [-0.3, -0.25) is 10.1 Å². The first-order chi connectivity index (χ1) is 13.5. The van der Waals surface area contributed by atoms with Gasteiger partial charge < -0.3 is 19.6 Å². The Morgan fingerprint density at radius 3 is 2.64 bits per heavy atom. The molecule has 3 amide bonds. The summed E-state index contributed by atoms with van der Waals surface area (Å²) in [4.78, 5) is 37.1. The van der Waals surface area contributed by atoms with Crippen LogP contribution in [0, 0.1) is 0 Å². The third-order valence-electron chi connectivity index (χ3n) is 5.40. The number of guanidine groups is 1. The van der Waals surface area contributed by atoms with Gasteiger partial charge in [-0.1, -0.05) is 23.7 Å². The summed E-state index contributed by atoms with van der Waals surface area (Å²) in [6.45, 7) is 7.46. The summed E-state index contributed by atoms with van der Waals surface area (Å²) < 4.78 is 0. The molecule has 0 aliphatic carbocycles. The lowest BCUT2D eigenvalue weighted by Gasteiger charge is -2.40. The number of piperazine rings is 1. The predicted molar refractivity (Wildman–Crippen MR) is 108 cm³/mol. The van der Waals surface area contributed by atoms with Crippen LogP contribution in [-0.4, -0.2) is 84.6 Å². The van der Waals surface area contributed by atoms with Crippen molar-refractivity contribution in [3.05, 3.63) is 41.9 Å². The first-order valence-electron chi connectivity index (χ1n) is 9.28. The zero-order valence-electron chi connectivity index (χ0n) is 15.7. The topological polar surface area (TPSA) is 71.5 Å². The van der Waals surface area contributed by atoms with Crippen molar-refractivity contribution in [1.29, 1.82) is 0 Å². The molecule has 8 nitrogen and oxygen atoms in total. The summed E-state index contributed by atoms with van der Waals surface area (Å²) in [6, 6.07) is 6.90. The fourth-order valence-electron chi connectivity index (χ4n) is 3.95. The van der Waals surface area contributed by atoms with E-state index in [2.05, 4.69) is 27.8 Å². The van der Waals surface area contributed by atoms with Crippen LogP contribution in [0.4, 0.5) is 10.5 Å². The smallest absolute Gasteiger partial charge is 0.325 e. The molecule has 1 aromatic carbocycles. The van der Waals surface area contributed by atoms with Gasteiger partial charge in [0.2, 0.25) is 0 Å². The van der Waals surface area contributed by atoms with E-state index >= 15 is 0 Å². The highest BCUT2D eigenvalue weighted by molar-refractivity contribution is 6.30. The largest absolute Gasteiger partial charge is 0.368 e. The lowest BCUT2D eigenvalue weighted by atomic mass is 10.1. The molecule has 2 atom stereocenters. The van der Waals surface area contributed by atoms with E-state index in [1.165, 1.54) is 4.90 Å². The Balaban J connectivity index is 1.52. The number of hydrogen-bond acceptors (Lipinski definition) is 6. The summed E-state index contributed by atoms with van der Waals surface area (Å²) in [5, 5.41) is 3.13. The van der Waals surface area contributed by atoms with Crippen molar-refractivity contribution in [3.8, 4) is 0 Å². The number of fused-ring (bicyclic) bond motifs is 1. The molecule has 0 saturated carbocycles. The molecular weight excluding hydrogens is 380 g/mol. The highest BCUT2D eigenvalue weighted by Crippen LogP contribution is 2.27. The predicted octanol–water partition coefficient (Wildman–Crippen LogP) is 1.20. The molecule has 4 rings (SSSR count). The van der Waals surface area contributed by atoms with E-state index in [0.717, 1.165) is 42.8 Å². The molecular formula is C19H23ClN6O2. The molecule has 3 aliphatic rings. The fourth-order valence-corrected chi connectivity index (χ4v) is 4.13. The molecule has 9 heteroatoms. The van der Waals surface area contributed by atoms with Gasteiger partial charge in [-0.15, -0.1) is 6.58 Å². The maximum Gasteiger partial charge on any atom is 0.325 e. The summed E-state index contributed by atoms with van der Waals surface area (Å²) in [5.74, 6) is 0.434. The van der Waals surface area contributed by atoms with Gasteiger partial charge in [0.1, 0.15) is 0 Å². The van der Waals surface area contributed by atoms with Crippen molar-refractivity contribution in [2.24, 2.45) is 4.99 Å². The maximum absolute atomic E-state index is 12.5. The number of halogens is 1. The standard InChI is InChI=1S/C19H23ClN6O2/c1-3-7-26-15-16(23(2)19(28)22-17(15)27)21-18(26)25-10-8-24(9-11-25)14-6-4-5-13(20)12-14/h3-6,12,15-16H,1,7-11H2,2H3,(H,22,27,28). The van der Waals surface area contributed by atoms with Gasteiger partial charge >= 0.3 is 6.03 Å². The molecule has 148 valence electrons. The molecule has 2 fully saturated rings. The summed E-state index contributed by atoms with van der Waals surface area (Å²) in [7, 11) is 1.66. The van der Waals surface area contributed by atoms with Gasteiger partial charge in [0.25, 0.3) is 5.91 Å². The van der Waals surface area contributed by atoms with Gasteiger partial charge in [0.05, 0.1) is 0 Å². The summed E-state index contributed by atoms with van der Waals surface area (Å²) >= 11 is 6.12. The number of likely N-dealkylation sites (N-methyl/N-ethyl adjacent to an activating group) is 1. The van der Waals surface area contributed by atoms with Crippen molar-refractivity contribution in [1.82, 2.24) is 20.0 Å². The third kappa shape index (κ3) is 3.17. The molecule has 2 saturated heterocycles. The minimum atomic E-state index is -0.526. The summed E-state index contributed by atoms with van der Waals surface area (Å²) in [5.41, 5.74) is 1.10. The highest BCUT2D eigenvalue weighted by Gasteiger charge is 2.49. The number of nitrogens with one attached hydrogen (secondary N) is 1. The van der Waals surface area contributed by atoms with Crippen molar-refractivity contribution >= 4 is 35.2 Å². The number of hydrogen-bond donors (Lipinski definition) is 1. The number of carbonyl (C=O) groups excluding carboxylic acids is 2. The number of benzene rings is 1. The Kier molecular flexibility index (Phi) is 4.89. The Morgan fingerprint density at radius 1 is 1.25 bits per heavy atom. The van der Waals surface area contributed by atoms with Crippen LogP contribution < -0.4 is 10.2 Å². The average Bonchev–Trinajstić information content (AvgIpc) is 3.07. The number of imide groups is 1. The molecule has 28 heavy (non-hydrogen) atoms. The van der Waals surface area contributed by atoms with E-state index in [1.807, 2.05) is 23.1 Å². The lowest BCUT2D eigenvalue weighted by Crippen LogP contribution is -2.64. The number of anilines is 1. The van der Waals surface area contributed by atoms with Gasteiger partial charge in [0.15, 0.2) is 18.2 Å². The minimum Gasteiger partial charge on any atom is -0.368 e. The van der Waals surface area contributed by atoms with Gasteiger partial charge in [-0.2, -0.15) is 0 Å². The SMILES string of the molecule is C=CCN1C(N2CCN(c3cccc(Cl)c3)CC2)=NC2C1C(=O)NC(=O)N2C. The second-order valence-electron chi connectivity index (χ2n) is 7.09. The van der Waals surface area contributed by atoms with E-state index in [1.54, 1.807) is 13.1 Å². The Hall–Kier alpha value is -2.74. The molecule has 0 bridgehead atoms. The number of rotatable bonds is 3. The van der Waals surface area contributed by atoms with Crippen molar-refractivity contribution in [3.63, 3.8) is 0 Å². The second kappa shape index (κ2) is 7.35. The van der Waals surface area contributed by atoms with Crippen LogP contribution in [-0.2, 0) is 4.79 Å². The van der Waals surface area contributed by atoms with Crippen LogP contribution in [0.25, 0.3) is 0 Å². The molecule has 2 unspecified atom stereocenters. The highest BCUT2D eigenvalue weighted by atomic mass is 35.5. The quantitative estimate of drug-likeness (QED) is 0.769. The van der Waals surface area contributed by atoms with Gasteiger partial charge in [-0.25, -0.2) is 9.79 Å². The Labute approximate surface area is 169 Å². The normalized spacial score (nSPS) is 24.9. The minimum absolute atomic E-state index is 0.314. The molecule has 3 aliphatic heterocycles. The van der Waals surface area contributed by atoms with Gasteiger partial charge in [0, 0.05) is 50.5 Å². The lowest BCUT2D eigenvalue weighted by molar-refractivity contribution is -0.127. The molecule has 1 N–H and O–H groups in total. The van der Waals surface area contributed by atoms with Crippen LogP contribution >= 0.6 is 11.6 Å². The maximum atomic E-state index is 12.5. The van der Waals surface area contributed by atoms with Crippen LogP contribution in [0.2, 0.25) is 5.02 Å². The number of nitrogens with zero attached hydrogens (tertiary/aromatic N) is 5. The molecule has 0 radical (unpaired) electrons. The third-order valence-corrected chi connectivity index (χ3v) is 5.64. The van der Waals surface area contributed by atoms with E-state index in [-0.39, 0.29) is 5.91 Å². The van der Waals surface area contributed by atoms with Crippen LogP contribution in [0.15, 0.2) is 41.9 Å². The van der Waals surface area contributed by atoms with Crippen molar-refractivity contribution in [2.75, 3.05) is 44.7 Å². The molecule has 3 heterocycles. The first-order valence-corrected chi connectivity index (χ1v) is 9.66. The zero-order chi connectivity index (χ0) is 19.8. The Morgan fingerprint density at radius 2 is 1.96 bits per heavy atom. The number of amides is 3. The second-order valence-corrected chi connectivity index (χ2v) is 7.52. The van der Waals surface area contributed by atoms with E-state index < -0.39 is 18.2 Å². The van der Waals surface area contributed by atoms with Crippen molar-refractivity contribution in [2.45, 2.75) is 12.2 Å². The van der Waals surface area contributed by atoms with Crippen LogP contribution in [0.5, 0.6) is 0 Å². The van der Waals surface area contributed by atoms with E-state index in [4.69, 9.17) is 16.6 Å².